The molecule has 4 nitrogen and oxygen atoms in total. The number of carbonyl (C=O) groups is 1. The number of fused-ring (bicyclic) bond motifs is 1. The van der Waals surface area contributed by atoms with Crippen molar-refractivity contribution in [3.8, 4) is 11.3 Å². The number of aromatic nitrogens is 3. The second kappa shape index (κ2) is 5.78. The van der Waals surface area contributed by atoms with Gasteiger partial charge in [0.25, 0.3) is 0 Å². The van der Waals surface area contributed by atoms with Crippen LogP contribution in [0.2, 0.25) is 0 Å². The lowest BCUT2D eigenvalue weighted by Crippen LogP contribution is -2.05. The van der Waals surface area contributed by atoms with Gasteiger partial charge in [-0.15, -0.1) is 0 Å². The Morgan fingerprint density at radius 1 is 1.04 bits per heavy atom. The van der Waals surface area contributed by atoms with Gasteiger partial charge in [0.15, 0.2) is 17.3 Å². The number of hydrogen-bond donors (Lipinski definition) is 0. The van der Waals surface area contributed by atoms with Crippen molar-refractivity contribution in [2.75, 3.05) is 0 Å². The van der Waals surface area contributed by atoms with Gasteiger partial charge in [0.05, 0.1) is 12.1 Å². The molecule has 3 aromatic heterocycles. The van der Waals surface area contributed by atoms with E-state index in [1.807, 2.05) is 53.9 Å². The van der Waals surface area contributed by atoms with Crippen molar-refractivity contribution in [3.63, 3.8) is 0 Å². The number of nitrogens with zero attached hydrogens (tertiary/aromatic N) is 3. The molecule has 3 heterocycles. The van der Waals surface area contributed by atoms with Gasteiger partial charge >= 0.3 is 0 Å². The molecule has 5 heteroatoms. The molecule has 0 aliphatic rings. The lowest BCUT2D eigenvalue weighted by Gasteiger charge is -2.00. The molecule has 0 saturated heterocycles. The topological polar surface area (TPSA) is 47.3 Å². The van der Waals surface area contributed by atoms with Crippen molar-refractivity contribution in [2.24, 2.45) is 0 Å². The van der Waals surface area contributed by atoms with Crippen LogP contribution in [0.4, 0.5) is 0 Å². The SMILES string of the molecule is O=C(Cc1nc2cccc(-c3ccsc3)n2n1)c1ccccc1. The molecular formula is C18H13N3OS. The van der Waals surface area contributed by atoms with Gasteiger partial charge in [0.2, 0.25) is 0 Å². The molecule has 4 aromatic rings. The highest BCUT2D eigenvalue weighted by Crippen LogP contribution is 2.22. The van der Waals surface area contributed by atoms with E-state index in [2.05, 4.69) is 21.5 Å². The highest BCUT2D eigenvalue weighted by atomic mass is 32.1. The first kappa shape index (κ1) is 13.8. The van der Waals surface area contributed by atoms with E-state index in [9.17, 15) is 4.79 Å². The minimum absolute atomic E-state index is 0.0265. The van der Waals surface area contributed by atoms with Crippen molar-refractivity contribution in [1.29, 1.82) is 0 Å². The number of ketones is 1. The Morgan fingerprint density at radius 3 is 2.70 bits per heavy atom. The Bertz CT molecular complexity index is 959. The Hall–Kier alpha value is -2.79. The zero-order chi connectivity index (χ0) is 15.6. The largest absolute Gasteiger partial charge is 0.294 e. The molecule has 4 rings (SSSR count). The van der Waals surface area contributed by atoms with Crippen LogP contribution in [0, 0.1) is 0 Å². The normalized spacial score (nSPS) is 11.0. The number of pyridine rings is 1. The van der Waals surface area contributed by atoms with E-state index in [0.29, 0.717) is 11.4 Å². The smallest absolute Gasteiger partial charge is 0.170 e. The summed E-state index contributed by atoms with van der Waals surface area (Å²) in [5.41, 5.74) is 3.52. The summed E-state index contributed by atoms with van der Waals surface area (Å²) in [5, 5.41) is 8.63. The van der Waals surface area contributed by atoms with Crippen LogP contribution in [0.5, 0.6) is 0 Å². The summed E-state index contributed by atoms with van der Waals surface area (Å²) in [7, 11) is 0. The van der Waals surface area contributed by atoms with Crippen LogP contribution in [-0.4, -0.2) is 20.4 Å². The molecule has 0 unspecified atom stereocenters. The van der Waals surface area contributed by atoms with E-state index >= 15 is 0 Å². The fourth-order valence-corrected chi connectivity index (χ4v) is 3.17. The first-order valence-electron chi connectivity index (χ1n) is 7.27. The molecule has 1 aromatic carbocycles. The van der Waals surface area contributed by atoms with Gasteiger partial charge in [-0.3, -0.25) is 4.79 Å². The van der Waals surface area contributed by atoms with Crippen molar-refractivity contribution in [3.05, 3.63) is 76.7 Å². The first-order valence-corrected chi connectivity index (χ1v) is 8.21. The van der Waals surface area contributed by atoms with Gasteiger partial charge < -0.3 is 0 Å². The van der Waals surface area contributed by atoms with Crippen molar-refractivity contribution >= 4 is 22.8 Å². The average Bonchev–Trinajstić information content (AvgIpc) is 3.24. The summed E-state index contributed by atoms with van der Waals surface area (Å²) in [6.07, 6.45) is 0.203. The zero-order valence-corrected chi connectivity index (χ0v) is 13.0. The van der Waals surface area contributed by atoms with Crippen LogP contribution in [0.3, 0.4) is 0 Å². The van der Waals surface area contributed by atoms with Crippen LogP contribution >= 0.6 is 11.3 Å². The third-order valence-corrected chi connectivity index (χ3v) is 4.32. The molecule has 0 radical (unpaired) electrons. The van der Waals surface area contributed by atoms with Crippen molar-refractivity contribution < 1.29 is 4.79 Å². The van der Waals surface area contributed by atoms with E-state index in [1.54, 1.807) is 15.9 Å². The maximum Gasteiger partial charge on any atom is 0.170 e. The lowest BCUT2D eigenvalue weighted by atomic mass is 10.1. The summed E-state index contributed by atoms with van der Waals surface area (Å²) < 4.78 is 1.80. The Kier molecular flexibility index (Phi) is 3.48. The standard InChI is InChI=1S/C18H13N3OS/c22-16(13-5-2-1-3-6-13)11-17-19-18-8-4-7-15(21(18)20-17)14-9-10-23-12-14/h1-10,12H,11H2. The molecule has 0 aliphatic carbocycles. The monoisotopic (exact) mass is 319 g/mol. The third-order valence-electron chi connectivity index (χ3n) is 3.63. The van der Waals surface area contributed by atoms with Gasteiger partial charge in [-0.05, 0) is 23.6 Å². The second-order valence-corrected chi connectivity index (χ2v) is 5.97. The summed E-state index contributed by atoms with van der Waals surface area (Å²) in [5.74, 6) is 0.570. The van der Waals surface area contributed by atoms with E-state index in [4.69, 9.17) is 0 Å². The first-order chi connectivity index (χ1) is 11.3. The van der Waals surface area contributed by atoms with E-state index in [1.165, 1.54) is 0 Å². The molecule has 0 bridgehead atoms. The Labute approximate surface area is 137 Å². The van der Waals surface area contributed by atoms with Crippen molar-refractivity contribution in [2.45, 2.75) is 6.42 Å². The highest BCUT2D eigenvalue weighted by Gasteiger charge is 2.13. The van der Waals surface area contributed by atoms with Gasteiger partial charge in [-0.2, -0.15) is 16.4 Å². The molecule has 0 spiro atoms. The van der Waals surface area contributed by atoms with Gasteiger partial charge in [-0.1, -0.05) is 36.4 Å². The Morgan fingerprint density at radius 2 is 1.91 bits per heavy atom. The van der Waals surface area contributed by atoms with Gasteiger partial charge in [0.1, 0.15) is 0 Å². The van der Waals surface area contributed by atoms with Crippen molar-refractivity contribution in [1.82, 2.24) is 14.6 Å². The predicted molar refractivity (Wildman–Crippen MR) is 90.8 cm³/mol. The molecular weight excluding hydrogens is 306 g/mol. The summed E-state index contributed by atoms with van der Waals surface area (Å²) >= 11 is 1.64. The molecule has 23 heavy (non-hydrogen) atoms. The molecule has 0 aliphatic heterocycles. The van der Waals surface area contributed by atoms with Crippen LogP contribution in [0.1, 0.15) is 16.2 Å². The second-order valence-electron chi connectivity index (χ2n) is 5.19. The minimum atomic E-state index is 0.0265. The molecule has 0 saturated carbocycles. The Balaban J connectivity index is 1.70. The predicted octanol–water partition coefficient (Wildman–Crippen LogP) is 3.88. The molecule has 0 fully saturated rings. The highest BCUT2D eigenvalue weighted by molar-refractivity contribution is 7.08. The van der Waals surface area contributed by atoms with Crippen LogP contribution in [-0.2, 0) is 6.42 Å². The van der Waals surface area contributed by atoms with Gasteiger partial charge in [0, 0.05) is 16.5 Å². The van der Waals surface area contributed by atoms with Crippen LogP contribution < -0.4 is 0 Å². The summed E-state index contributed by atoms with van der Waals surface area (Å²) in [4.78, 5) is 16.8. The van der Waals surface area contributed by atoms with E-state index in [0.717, 1.165) is 16.9 Å². The fourth-order valence-electron chi connectivity index (χ4n) is 2.52. The minimum Gasteiger partial charge on any atom is -0.294 e. The number of rotatable bonds is 4. The number of hydrogen-bond acceptors (Lipinski definition) is 4. The van der Waals surface area contributed by atoms with Gasteiger partial charge in [-0.25, -0.2) is 9.50 Å². The van der Waals surface area contributed by atoms with E-state index < -0.39 is 0 Å². The summed E-state index contributed by atoms with van der Waals surface area (Å²) in [6.45, 7) is 0. The number of benzene rings is 1. The number of carbonyl (C=O) groups excluding carboxylic acids is 1. The molecule has 0 N–H and O–H groups in total. The maximum absolute atomic E-state index is 12.3. The van der Waals surface area contributed by atoms with E-state index in [-0.39, 0.29) is 12.2 Å². The molecule has 0 amide bonds. The van der Waals surface area contributed by atoms with Crippen LogP contribution in [0.25, 0.3) is 16.9 Å². The summed E-state index contributed by atoms with van der Waals surface area (Å²) in [6, 6.07) is 17.2. The number of Topliss-reactive ketones (excluding diaryl/α,β-unsaturated/α-hetero) is 1. The van der Waals surface area contributed by atoms with Crippen LogP contribution in [0.15, 0.2) is 65.4 Å². The average molecular weight is 319 g/mol. The maximum atomic E-state index is 12.3. The molecule has 0 atom stereocenters. The third kappa shape index (κ3) is 2.66. The quantitative estimate of drug-likeness (QED) is 0.536. The lowest BCUT2D eigenvalue weighted by molar-refractivity contribution is 0.0991. The number of thiophene rings is 1. The molecule has 112 valence electrons. The zero-order valence-electron chi connectivity index (χ0n) is 12.2. The fraction of sp³-hybridized carbons (Fsp3) is 0.0556.